The van der Waals surface area contributed by atoms with Gasteiger partial charge in [0, 0.05) is 18.4 Å². The summed E-state index contributed by atoms with van der Waals surface area (Å²) in [7, 11) is 0.451. The van der Waals surface area contributed by atoms with E-state index < -0.39 is 10.8 Å². The average Bonchev–Trinajstić information content (AvgIpc) is 2.44. The lowest BCUT2D eigenvalue weighted by atomic mass is 10.2. The Morgan fingerprint density at radius 1 is 1.42 bits per heavy atom. The third-order valence-electron chi connectivity index (χ3n) is 2.83. The molecule has 0 aromatic heterocycles. The van der Waals surface area contributed by atoms with E-state index in [0.717, 1.165) is 13.0 Å². The molecule has 0 saturated heterocycles. The van der Waals surface area contributed by atoms with Crippen LogP contribution in [0.3, 0.4) is 0 Å². The van der Waals surface area contributed by atoms with Crippen molar-refractivity contribution < 1.29 is 14.1 Å². The van der Waals surface area contributed by atoms with E-state index >= 15 is 0 Å². The summed E-state index contributed by atoms with van der Waals surface area (Å²) in [6.07, 6.45) is 1.63. The van der Waals surface area contributed by atoms with E-state index in [1.807, 2.05) is 24.3 Å². The van der Waals surface area contributed by atoms with E-state index in [1.54, 1.807) is 7.11 Å². The molecule has 0 heterocycles. The summed E-state index contributed by atoms with van der Waals surface area (Å²) < 4.78 is 17.6. The molecule has 108 valence electrons. The second kappa shape index (κ2) is 9.07. The highest BCUT2D eigenvalue weighted by atomic mass is 32.2. The van der Waals surface area contributed by atoms with Crippen LogP contribution in [0, 0.1) is 0 Å². The van der Waals surface area contributed by atoms with Crippen LogP contribution in [-0.4, -0.2) is 41.4 Å². The number of hydrogen-bond donors (Lipinski definition) is 2. The Morgan fingerprint density at radius 2 is 2.16 bits per heavy atom. The monoisotopic (exact) mass is 285 g/mol. The zero-order valence-electron chi connectivity index (χ0n) is 11.6. The fourth-order valence-corrected chi connectivity index (χ4v) is 3.26. The number of hydrogen-bond acceptors (Lipinski definition) is 4. The highest BCUT2D eigenvalue weighted by molar-refractivity contribution is 7.85. The van der Waals surface area contributed by atoms with Crippen molar-refractivity contribution in [2.45, 2.75) is 30.7 Å². The fraction of sp³-hybridized carbons (Fsp3) is 0.571. The first-order chi connectivity index (χ1) is 9.22. The number of methoxy groups -OCH3 is 1. The highest BCUT2D eigenvalue weighted by Crippen LogP contribution is 2.21. The highest BCUT2D eigenvalue weighted by Gasteiger charge is 2.15. The maximum atomic E-state index is 12.4. The standard InChI is InChI=1S/C14H23NO3S/c1-3-9-15-12(8-10-16)11-19(17)14-7-5-4-6-13(14)18-2/h4-7,12,15-16H,3,8-11H2,1-2H3. The molecule has 0 aliphatic carbocycles. The van der Waals surface area contributed by atoms with E-state index in [2.05, 4.69) is 12.2 Å². The molecule has 0 bridgehead atoms. The predicted octanol–water partition coefficient (Wildman–Crippen LogP) is 1.55. The maximum Gasteiger partial charge on any atom is 0.134 e. The van der Waals surface area contributed by atoms with Crippen LogP contribution in [0.5, 0.6) is 5.75 Å². The van der Waals surface area contributed by atoms with E-state index in [0.29, 0.717) is 22.8 Å². The molecule has 19 heavy (non-hydrogen) atoms. The third kappa shape index (κ3) is 5.30. The number of para-hydroxylation sites is 1. The van der Waals surface area contributed by atoms with Crippen LogP contribution in [0.15, 0.2) is 29.2 Å². The summed E-state index contributed by atoms with van der Waals surface area (Å²) in [5.74, 6) is 1.14. The summed E-state index contributed by atoms with van der Waals surface area (Å²) in [6.45, 7) is 3.05. The molecule has 1 aromatic carbocycles. The number of ether oxygens (including phenoxy) is 1. The molecule has 0 fully saturated rings. The first-order valence-electron chi connectivity index (χ1n) is 6.58. The molecule has 0 spiro atoms. The zero-order valence-corrected chi connectivity index (χ0v) is 12.4. The molecule has 0 aliphatic heterocycles. The van der Waals surface area contributed by atoms with Crippen molar-refractivity contribution in [1.82, 2.24) is 5.32 Å². The Bertz CT molecular complexity index is 398. The van der Waals surface area contributed by atoms with Crippen LogP contribution < -0.4 is 10.1 Å². The number of aliphatic hydroxyl groups is 1. The summed E-state index contributed by atoms with van der Waals surface area (Å²) in [5.41, 5.74) is 0. The topological polar surface area (TPSA) is 58.6 Å². The minimum absolute atomic E-state index is 0.0655. The van der Waals surface area contributed by atoms with Crippen molar-refractivity contribution in [3.8, 4) is 5.75 Å². The predicted molar refractivity (Wildman–Crippen MR) is 78.1 cm³/mol. The lowest BCUT2D eigenvalue weighted by molar-refractivity contribution is 0.270. The van der Waals surface area contributed by atoms with E-state index in [9.17, 15) is 4.21 Å². The molecule has 2 N–H and O–H groups in total. The lowest BCUT2D eigenvalue weighted by Gasteiger charge is -2.17. The van der Waals surface area contributed by atoms with Gasteiger partial charge in [-0.05, 0) is 31.5 Å². The van der Waals surface area contributed by atoms with Crippen LogP contribution in [0.1, 0.15) is 19.8 Å². The van der Waals surface area contributed by atoms with E-state index in [-0.39, 0.29) is 12.6 Å². The number of rotatable bonds is 9. The average molecular weight is 285 g/mol. The summed E-state index contributed by atoms with van der Waals surface area (Å²) in [4.78, 5) is 0.714. The zero-order chi connectivity index (χ0) is 14.1. The van der Waals surface area contributed by atoms with Crippen molar-refractivity contribution in [2.75, 3.05) is 26.0 Å². The van der Waals surface area contributed by atoms with Crippen LogP contribution in [0.4, 0.5) is 0 Å². The maximum absolute atomic E-state index is 12.4. The molecule has 2 atom stereocenters. The smallest absolute Gasteiger partial charge is 0.134 e. The van der Waals surface area contributed by atoms with Crippen LogP contribution in [0.25, 0.3) is 0 Å². The van der Waals surface area contributed by atoms with Crippen molar-refractivity contribution in [1.29, 1.82) is 0 Å². The molecule has 1 rings (SSSR count). The SMILES string of the molecule is CCCNC(CCO)CS(=O)c1ccccc1OC. The Kier molecular flexibility index (Phi) is 7.70. The van der Waals surface area contributed by atoms with Gasteiger partial charge in [-0.3, -0.25) is 4.21 Å². The van der Waals surface area contributed by atoms with Gasteiger partial charge in [0.2, 0.25) is 0 Å². The number of benzene rings is 1. The minimum atomic E-state index is -1.13. The first-order valence-corrected chi connectivity index (χ1v) is 7.90. The molecule has 4 nitrogen and oxygen atoms in total. The number of aliphatic hydroxyl groups excluding tert-OH is 1. The summed E-state index contributed by atoms with van der Waals surface area (Å²) in [5, 5.41) is 12.4. The van der Waals surface area contributed by atoms with Crippen molar-refractivity contribution in [2.24, 2.45) is 0 Å². The molecule has 1 aromatic rings. The Hall–Kier alpha value is -0.910. The Morgan fingerprint density at radius 3 is 2.79 bits per heavy atom. The molecular weight excluding hydrogens is 262 g/mol. The molecule has 0 radical (unpaired) electrons. The van der Waals surface area contributed by atoms with Gasteiger partial charge in [0.25, 0.3) is 0 Å². The molecule has 2 unspecified atom stereocenters. The first kappa shape index (κ1) is 16.1. The molecule has 5 heteroatoms. The molecular formula is C14H23NO3S. The van der Waals surface area contributed by atoms with Gasteiger partial charge in [-0.1, -0.05) is 19.1 Å². The van der Waals surface area contributed by atoms with Crippen molar-refractivity contribution in [3.63, 3.8) is 0 Å². The Labute approximate surface area is 117 Å². The quantitative estimate of drug-likeness (QED) is 0.723. The van der Waals surface area contributed by atoms with Gasteiger partial charge in [-0.2, -0.15) is 0 Å². The fourth-order valence-electron chi connectivity index (χ4n) is 1.83. The second-order valence-electron chi connectivity index (χ2n) is 4.33. The van der Waals surface area contributed by atoms with E-state index in [4.69, 9.17) is 9.84 Å². The normalized spacial score (nSPS) is 14.1. The van der Waals surface area contributed by atoms with Gasteiger partial charge < -0.3 is 15.2 Å². The van der Waals surface area contributed by atoms with Gasteiger partial charge in [-0.15, -0.1) is 0 Å². The summed E-state index contributed by atoms with van der Waals surface area (Å²) >= 11 is 0. The van der Waals surface area contributed by atoms with E-state index in [1.165, 1.54) is 0 Å². The molecule has 0 aliphatic rings. The van der Waals surface area contributed by atoms with Crippen molar-refractivity contribution in [3.05, 3.63) is 24.3 Å². The van der Waals surface area contributed by atoms with Gasteiger partial charge in [0.1, 0.15) is 5.75 Å². The van der Waals surface area contributed by atoms with Gasteiger partial charge >= 0.3 is 0 Å². The van der Waals surface area contributed by atoms with Gasteiger partial charge in [-0.25, -0.2) is 0 Å². The third-order valence-corrected chi connectivity index (χ3v) is 4.36. The van der Waals surface area contributed by atoms with Crippen LogP contribution in [0.2, 0.25) is 0 Å². The molecule has 0 saturated carbocycles. The number of nitrogens with one attached hydrogen (secondary N) is 1. The lowest BCUT2D eigenvalue weighted by Crippen LogP contribution is -2.35. The Balaban J connectivity index is 2.69. The second-order valence-corrected chi connectivity index (χ2v) is 5.79. The van der Waals surface area contributed by atoms with Crippen molar-refractivity contribution >= 4 is 10.8 Å². The van der Waals surface area contributed by atoms with Gasteiger partial charge in [0.05, 0.1) is 22.8 Å². The summed E-state index contributed by atoms with van der Waals surface area (Å²) in [6, 6.07) is 7.42. The minimum Gasteiger partial charge on any atom is -0.495 e. The largest absolute Gasteiger partial charge is 0.495 e. The molecule has 0 amide bonds. The van der Waals surface area contributed by atoms with Gasteiger partial charge in [0.15, 0.2) is 0 Å². The van der Waals surface area contributed by atoms with Crippen LogP contribution >= 0.6 is 0 Å². The van der Waals surface area contributed by atoms with Crippen LogP contribution in [-0.2, 0) is 10.8 Å².